The highest BCUT2D eigenvalue weighted by Gasteiger charge is 2.35. The molecule has 1 aliphatic rings. The average Bonchev–Trinajstić information content (AvgIpc) is 3.46. The topological polar surface area (TPSA) is 96.4 Å². The van der Waals surface area contributed by atoms with E-state index in [2.05, 4.69) is 10.1 Å². The number of fused-ring (bicyclic) bond motifs is 1. The first-order valence-corrected chi connectivity index (χ1v) is 11.8. The summed E-state index contributed by atoms with van der Waals surface area (Å²) in [6.07, 6.45) is 6.05. The Balaban J connectivity index is 1.59. The molecule has 0 radical (unpaired) electrons. The van der Waals surface area contributed by atoms with E-state index in [0.29, 0.717) is 38.6 Å². The second-order valence-electron chi connectivity index (χ2n) is 8.74. The Morgan fingerprint density at radius 2 is 1.83 bits per heavy atom. The van der Waals surface area contributed by atoms with Crippen molar-refractivity contribution in [3.05, 3.63) is 81.2 Å². The van der Waals surface area contributed by atoms with Crippen molar-refractivity contribution in [2.45, 2.75) is 38.4 Å². The molecule has 182 valence electrons. The van der Waals surface area contributed by atoms with E-state index >= 15 is 0 Å². The van der Waals surface area contributed by atoms with E-state index < -0.39 is 0 Å². The molecule has 0 spiro atoms. The van der Waals surface area contributed by atoms with Crippen LogP contribution in [0.2, 0.25) is 5.02 Å². The third kappa shape index (κ3) is 3.99. The second kappa shape index (κ2) is 9.41. The fraction of sp³-hybridized carbons (Fsp3) is 0.320. The van der Waals surface area contributed by atoms with Gasteiger partial charge in [0.05, 0.1) is 65.8 Å². The van der Waals surface area contributed by atoms with Gasteiger partial charge in [0, 0.05) is 17.3 Å². The minimum Gasteiger partial charge on any atom is -0.394 e. The molecule has 4 heterocycles. The van der Waals surface area contributed by atoms with Crippen LogP contribution in [-0.4, -0.2) is 54.8 Å². The number of aromatic nitrogens is 4. The summed E-state index contributed by atoms with van der Waals surface area (Å²) in [6, 6.07) is 7.86. The molecular weight excluding hydrogens is 473 g/mol. The summed E-state index contributed by atoms with van der Waals surface area (Å²) in [5.74, 6) is 0.239. The zero-order valence-electron chi connectivity index (χ0n) is 19.1. The normalized spacial score (nSPS) is 18.0. The Labute approximate surface area is 205 Å². The third-order valence-electron chi connectivity index (χ3n) is 6.73. The van der Waals surface area contributed by atoms with Gasteiger partial charge in [-0.1, -0.05) is 29.8 Å². The smallest absolute Gasteiger partial charge is 0.266 e. The Morgan fingerprint density at radius 3 is 2.51 bits per heavy atom. The van der Waals surface area contributed by atoms with Gasteiger partial charge in [-0.15, -0.1) is 0 Å². The van der Waals surface area contributed by atoms with Crippen LogP contribution in [0.1, 0.15) is 24.0 Å². The largest absolute Gasteiger partial charge is 0.394 e. The fourth-order valence-corrected chi connectivity index (χ4v) is 5.23. The molecule has 1 aliphatic heterocycles. The Kier molecular flexibility index (Phi) is 6.31. The van der Waals surface area contributed by atoms with Crippen LogP contribution >= 0.6 is 11.6 Å². The minimum absolute atomic E-state index is 0.0668. The molecule has 4 aromatic rings. The van der Waals surface area contributed by atoms with Gasteiger partial charge in [0.25, 0.3) is 5.56 Å². The second-order valence-corrected chi connectivity index (χ2v) is 9.15. The number of pyridine rings is 2. The molecule has 2 N–H and O–H groups in total. The van der Waals surface area contributed by atoms with Gasteiger partial charge in [0.2, 0.25) is 0 Å². The number of rotatable bonds is 6. The van der Waals surface area contributed by atoms with Crippen molar-refractivity contribution >= 4 is 28.3 Å². The van der Waals surface area contributed by atoms with Crippen LogP contribution in [0.15, 0.2) is 53.7 Å². The molecule has 8 nitrogen and oxygen atoms in total. The molecule has 0 unspecified atom stereocenters. The zero-order chi connectivity index (χ0) is 24.7. The van der Waals surface area contributed by atoms with Gasteiger partial charge in [0.15, 0.2) is 0 Å². The Morgan fingerprint density at radius 1 is 1.11 bits per heavy atom. The van der Waals surface area contributed by atoms with Crippen molar-refractivity contribution in [1.29, 1.82) is 0 Å². The van der Waals surface area contributed by atoms with E-state index in [1.165, 1.54) is 23.0 Å². The first kappa shape index (κ1) is 23.5. The van der Waals surface area contributed by atoms with Crippen LogP contribution in [0, 0.1) is 12.7 Å². The molecule has 0 aliphatic carbocycles. The summed E-state index contributed by atoms with van der Waals surface area (Å²) in [6.45, 7) is 1.88. The maximum Gasteiger partial charge on any atom is 0.266 e. The van der Waals surface area contributed by atoms with Crippen molar-refractivity contribution in [3.63, 3.8) is 0 Å². The molecule has 1 aromatic carbocycles. The number of hydrogen-bond donors (Lipinski definition) is 2. The van der Waals surface area contributed by atoms with Crippen LogP contribution in [0.4, 0.5) is 10.2 Å². The van der Waals surface area contributed by atoms with Gasteiger partial charge in [-0.25, -0.2) is 9.37 Å². The predicted octanol–water partition coefficient (Wildman–Crippen LogP) is 3.05. The molecule has 10 heteroatoms. The number of anilines is 1. The highest BCUT2D eigenvalue weighted by Crippen LogP contribution is 2.35. The molecule has 1 saturated heterocycles. The van der Waals surface area contributed by atoms with Crippen molar-refractivity contribution in [3.8, 4) is 5.69 Å². The van der Waals surface area contributed by atoms with Crippen LogP contribution in [0.25, 0.3) is 16.6 Å². The number of aliphatic hydroxyl groups is 2. The number of aliphatic hydroxyl groups excluding tert-OH is 2. The van der Waals surface area contributed by atoms with E-state index in [9.17, 15) is 19.4 Å². The van der Waals surface area contributed by atoms with Gasteiger partial charge in [0.1, 0.15) is 11.6 Å². The molecule has 0 amide bonds. The molecule has 5 rings (SSSR count). The van der Waals surface area contributed by atoms with Crippen LogP contribution in [0.5, 0.6) is 0 Å². The fourth-order valence-electron chi connectivity index (χ4n) is 4.95. The van der Waals surface area contributed by atoms with Crippen molar-refractivity contribution < 1.29 is 14.6 Å². The van der Waals surface area contributed by atoms with Crippen molar-refractivity contribution in [2.75, 3.05) is 18.1 Å². The first-order valence-electron chi connectivity index (χ1n) is 11.4. The molecule has 1 fully saturated rings. The number of benzene rings is 1. The molecular formula is C25H25ClFN5O3. The van der Waals surface area contributed by atoms with Gasteiger partial charge in [-0.3, -0.25) is 14.0 Å². The molecule has 35 heavy (non-hydrogen) atoms. The predicted molar refractivity (Wildman–Crippen MR) is 132 cm³/mol. The lowest BCUT2D eigenvalue weighted by molar-refractivity contribution is 0.247. The van der Waals surface area contributed by atoms with Crippen LogP contribution in [0.3, 0.4) is 0 Å². The lowest BCUT2D eigenvalue weighted by Gasteiger charge is -2.31. The maximum absolute atomic E-state index is 14.1. The SMILES string of the molecule is Cc1c(N2[C@H](CO)CC[C@@H]2CO)ncc(Cl)c1-n1ccc2c(cnn2Cc2ccccc2F)c1=O. The average molecular weight is 498 g/mol. The third-order valence-corrected chi connectivity index (χ3v) is 7.01. The Hall–Kier alpha value is -3.27. The monoisotopic (exact) mass is 497 g/mol. The van der Waals surface area contributed by atoms with Gasteiger partial charge >= 0.3 is 0 Å². The van der Waals surface area contributed by atoms with Gasteiger partial charge in [-0.2, -0.15) is 5.10 Å². The number of nitrogens with zero attached hydrogens (tertiary/aromatic N) is 5. The highest BCUT2D eigenvalue weighted by molar-refractivity contribution is 6.32. The quantitative estimate of drug-likeness (QED) is 0.425. The lowest BCUT2D eigenvalue weighted by Crippen LogP contribution is -2.41. The number of halogens is 2. The van der Waals surface area contributed by atoms with E-state index in [0.717, 1.165) is 12.8 Å². The van der Waals surface area contributed by atoms with Crippen molar-refractivity contribution in [1.82, 2.24) is 19.3 Å². The summed E-state index contributed by atoms with van der Waals surface area (Å²) in [5, 5.41) is 24.7. The summed E-state index contributed by atoms with van der Waals surface area (Å²) < 4.78 is 17.2. The van der Waals surface area contributed by atoms with Gasteiger partial charge in [-0.05, 0) is 31.9 Å². The Bertz CT molecular complexity index is 1440. The van der Waals surface area contributed by atoms with Crippen LogP contribution < -0.4 is 10.5 Å². The summed E-state index contributed by atoms with van der Waals surface area (Å²) in [7, 11) is 0. The zero-order valence-corrected chi connectivity index (χ0v) is 19.9. The van der Waals surface area contributed by atoms with Crippen molar-refractivity contribution in [2.24, 2.45) is 0 Å². The standard InChI is InChI=1S/C25H25ClFN5O3/c1-15-23(20(26)11-28-24(15)32-17(13-33)6-7-18(32)14-34)30-9-8-22-19(25(30)35)10-29-31(22)12-16-4-2-3-5-21(16)27/h2-5,8-11,17-18,33-34H,6-7,12-14H2,1H3/t17-,18+. The van der Waals surface area contributed by atoms with E-state index in [-0.39, 0.29) is 43.2 Å². The summed E-state index contributed by atoms with van der Waals surface area (Å²) in [4.78, 5) is 19.9. The summed E-state index contributed by atoms with van der Waals surface area (Å²) >= 11 is 6.53. The molecule has 2 atom stereocenters. The number of hydrogen-bond acceptors (Lipinski definition) is 6. The lowest BCUT2D eigenvalue weighted by atomic mass is 10.1. The highest BCUT2D eigenvalue weighted by atomic mass is 35.5. The molecule has 0 bridgehead atoms. The molecule has 3 aromatic heterocycles. The molecule has 0 saturated carbocycles. The maximum atomic E-state index is 14.1. The van der Waals surface area contributed by atoms with E-state index in [1.54, 1.807) is 35.1 Å². The first-order chi connectivity index (χ1) is 16.9. The summed E-state index contributed by atoms with van der Waals surface area (Å²) in [5.41, 5.74) is 1.88. The van der Waals surface area contributed by atoms with E-state index in [4.69, 9.17) is 11.6 Å². The van der Waals surface area contributed by atoms with E-state index in [1.807, 2.05) is 11.8 Å². The van der Waals surface area contributed by atoms with Crippen LogP contribution in [-0.2, 0) is 6.54 Å². The van der Waals surface area contributed by atoms with Gasteiger partial charge < -0.3 is 15.1 Å². The minimum atomic E-state index is -0.333.